The maximum absolute atomic E-state index is 13.5. The smallest absolute Gasteiger partial charge is 0.277 e. The van der Waals surface area contributed by atoms with Crippen LogP contribution in [0.5, 0.6) is 0 Å². The molecule has 0 unspecified atom stereocenters. The molecule has 162 valence electrons. The minimum absolute atomic E-state index is 0.152. The summed E-state index contributed by atoms with van der Waals surface area (Å²) in [5, 5.41) is 12.1. The summed E-state index contributed by atoms with van der Waals surface area (Å²) in [6.07, 6.45) is 11.4. The zero-order valence-electron chi connectivity index (χ0n) is 18.4. The minimum atomic E-state index is -0.196. The Morgan fingerprint density at radius 2 is 1.32 bits per heavy atom. The van der Waals surface area contributed by atoms with Gasteiger partial charge in [-0.15, -0.1) is 0 Å². The average Bonchev–Trinajstić information content (AvgIpc) is 2.74. The molecule has 8 aliphatic rings. The largest absolute Gasteiger partial charge is 0.286 e. The summed E-state index contributed by atoms with van der Waals surface area (Å²) in [6, 6.07) is 15.2. The molecule has 3 heteroatoms. The van der Waals surface area contributed by atoms with Crippen LogP contribution in [0.2, 0.25) is 0 Å². The average molecular weight is 416 g/mol. The van der Waals surface area contributed by atoms with Crippen LogP contribution in [-0.4, -0.2) is 22.7 Å². The van der Waals surface area contributed by atoms with Gasteiger partial charge in [0.25, 0.3) is 5.91 Å². The second kappa shape index (κ2) is 7.48. The van der Waals surface area contributed by atoms with Crippen molar-refractivity contribution in [3.05, 3.63) is 70.3 Å². The molecule has 8 aliphatic carbocycles. The van der Waals surface area contributed by atoms with Gasteiger partial charge in [-0.1, -0.05) is 36.4 Å². The first kappa shape index (κ1) is 19.5. The zero-order valence-corrected chi connectivity index (χ0v) is 18.4. The van der Waals surface area contributed by atoms with Crippen LogP contribution >= 0.6 is 0 Å². The second-order valence-electron chi connectivity index (χ2n) is 11.1. The molecule has 0 radical (unpaired) electrons. The molecule has 31 heavy (non-hydrogen) atoms. The standard InChI is InChI=1S/C28H33NO2/c30-27(29(31)18-28-15-22-11-23(16-28)13-24(12-22)17-28)26-14-21-6-5-19-1-3-20(4-2-19)7-9-25(26)10-8-21/h1-4,8,10,14,22-24,31H,5-7,9,11-13,15-18H2. The molecule has 1 amide bonds. The third-order valence-corrected chi connectivity index (χ3v) is 8.70. The first-order valence-corrected chi connectivity index (χ1v) is 12.3. The van der Waals surface area contributed by atoms with Gasteiger partial charge in [-0.05, 0) is 116 Å². The van der Waals surface area contributed by atoms with Gasteiger partial charge in [-0.25, -0.2) is 5.06 Å². The molecule has 0 spiro atoms. The highest BCUT2D eigenvalue weighted by atomic mass is 16.5. The van der Waals surface area contributed by atoms with Crippen LogP contribution in [0, 0.1) is 23.2 Å². The van der Waals surface area contributed by atoms with Crippen LogP contribution in [0.1, 0.15) is 71.1 Å². The third kappa shape index (κ3) is 3.71. The predicted octanol–water partition coefficient (Wildman–Crippen LogP) is 5.62. The van der Waals surface area contributed by atoms with E-state index in [0.717, 1.165) is 54.1 Å². The van der Waals surface area contributed by atoms with E-state index in [1.54, 1.807) is 0 Å². The number of rotatable bonds is 3. The van der Waals surface area contributed by atoms with Crippen molar-refractivity contribution in [1.29, 1.82) is 0 Å². The molecular formula is C28H33NO2. The van der Waals surface area contributed by atoms with E-state index in [1.165, 1.54) is 55.2 Å². The summed E-state index contributed by atoms with van der Waals surface area (Å²) in [5.74, 6) is 2.28. The van der Waals surface area contributed by atoms with Crippen molar-refractivity contribution < 1.29 is 10.0 Å². The van der Waals surface area contributed by atoms with E-state index in [2.05, 4.69) is 42.5 Å². The Bertz CT molecular complexity index is 957. The first-order valence-electron chi connectivity index (χ1n) is 12.3. The van der Waals surface area contributed by atoms with E-state index in [4.69, 9.17) is 0 Å². The Morgan fingerprint density at radius 3 is 1.94 bits per heavy atom. The number of hydroxylamine groups is 2. The number of carbonyl (C=O) groups is 1. The number of benzene rings is 2. The van der Waals surface area contributed by atoms with Gasteiger partial charge in [-0.2, -0.15) is 0 Å². The van der Waals surface area contributed by atoms with Gasteiger partial charge >= 0.3 is 0 Å². The molecule has 0 atom stereocenters. The van der Waals surface area contributed by atoms with Gasteiger partial charge < -0.3 is 0 Å². The summed E-state index contributed by atoms with van der Waals surface area (Å²) < 4.78 is 0. The number of hydrogen-bond acceptors (Lipinski definition) is 2. The molecule has 0 saturated heterocycles. The van der Waals surface area contributed by atoms with E-state index in [-0.39, 0.29) is 11.3 Å². The summed E-state index contributed by atoms with van der Waals surface area (Å²) in [7, 11) is 0. The third-order valence-electron chi connectivity index (χ3n) is 8.70. The summed E-state index contributed by atoms with van der Waals surface area (Å²) in [6.45, 7) is 0.514. The van der Waals surface area contributed by atoms with Crippen LogP contribution in [0.3, 0.4) is 0 Å². The Hall–Kier alpha value is -2.13. The Morgan fingerprint density at radius 1 is 0.806 bits per heavy atom. The molecule has 2 aromatic carbocycles. The van der Waals surface area contributed by atoms with E-state index in [1.807, 2.05) is 0 Å². The fourth-order valence-corrected chi connectivity index (χ4v) is 7.65. The van der Waals surface area contributed by atoms with Crippen LogP contribution in [0.4, 0.5) is 0 Å². The van der Waals surface area contributed by atoms with Gasteiger partial charge in [0, 0.05) is 5.56 Å². The van der Waals surface area contributed by atoms with Crippen molar-refractivity contribution in [2.24, 2.45) is 23.2 Å². The normalized spacial score (nSPS) is 30.8. The molecule has 4 fully saturated rings. The molecular weight excluding hydrogens is 382 g/mol. The first-order chi connectivity index (χ1) is 15.1. The lowest BCUT2D eigenvalue weighted by Gasteiger charge is -2.57. The molecule has 10 rings (SSSR count). The monoisotopic (exact) mass is 415 g/mol. The topological polar surface area (TPSA) is 40.5 Å². The number of nitrogens with zero attached hydrogens (tertiary/aromatic N) is 1. The van der Waals surface area contributed by atoms with E-state index < -0.39 is 0 Å². The van der Waals surface area contributed by atoms with Crippen molar-refractivity contribution in [2.75, 3.05) is 6.54 Å². The molecule has 0 heterocycles. The van der Waals surface area contributed by atoms with Gasteiger partial charge in [-0.3, -0.25) is 10.0 Å². The lowest BCUT2D eigenvalue weighted by atomic mass is 9.49. The maximum Gasteiger partial charge on any atom is 0.277 e. The van der Waals surface area contributed by atoms with Crippen molar-refractivity contribution in [2.45, 2.75) is 64.2 Å². The fraction of sp³-hybridized carbons (Fsp3) is 0.536. The summed E-state index contributed by atoms with van der Waals surface area (Å²) in [4.78, 5) is 13.5. The highest BCUT2D eigenvalue weighted by Crippen LogP contribution is 2.60. The Kier molecular flexibility index (Phi) is 4.72. The molecule has 0 aromatic heterocycles. The SMILES string of the molecule is O=C(c1cc2ccc1CCc1ccc(cc1)CC2)N(O)CC12CC3CC(CC(C3)C1)C2. The van der Waals surface area contributed by atoms with Crippen LogP contribution < -0.4 is 0 Å². The van der Waals surface area contributed by atoms with Gasteiger partial charge in [0.1, 0.15) is 0 Å². The highest BCUT2D eigenvalue weighted by molar-refractivity contribution is 5.95. The number of aryl methyl sites for hydroxylation is 4. The van der Waals surface area contributed by atoms with E-state index >= 15 is 0 Å². The van der Waals surface area contributed by atoms with Gasteiger partial charge in [0.2, 0.25) is 0 Å². The van der Waals surface area contributed by atoms with Gasteiger partial charge in [0.05, 0.1) is 6.54 Å². The Labute approximate surface area is 185 Å². The maximum atomic E-state index is 13.5. The minimum Gasteiger partial charge on any atom is -0.286 e. The zero-order chi connectivity index (χ0) is 21.0. The van der Waals surface area contributed by atoms with Gasteiger partial charge in [0.15, 0.2) is 0 Å². The number of hydrogen-bond donors (Lipinski definition) is 1. The molecule has 1 N–H and O–H groups in total. The quantitative estimate of drug-likeness (QED) is 0.522. The summed E-state index contributed by atoms with van der Waals surface area (Å²) >= 11 is 0. The van der Waals surface area contributed by atoms with Crippen LogP contribution in [0.25, 0.3) is 0 Å². The highest BCUT2D eigenvalue weighted by Gasteiger charge is 2.51. The Balaban J connectivity index is 1.25. The molecule has 3 nitrogen and oxygen atoms in total. The summed E-state index contributed by atoms with van der Waals surface area (Å²) in [5.41, 5.74) is 5.75. The molecule has 4 saturated carbocycles. The fourth-order valence-electron chi connectivity index (χ4n) is 7.65. The van der Waals surface area contributed by atoms with E-state index in [9.17, 15) is 10.0 Å². The predicted molar refractivity (Wildman–Crippen MR) is 121 cm³/mol. The molecule has 0 aliphatic heterocycles. The molecule has 8 bridgehead atoms. The number of carbonyl (C=O) groups excluding carboxylic acids is 1. The van der Waals surface area contributed by atoms with E-state index in [0.29, 0.717) is 12.1 Å². The lowest BCUT2D eigenvalue weighted by molar-refractivity contribution is -0.129. The molecule has 2 aromatic rings. The van der Waals surface area contributed by atoms with Crippen LogP contribution in [-0.2, 0) is 25.7 Å². The number of amides is 1. The lowest BCUT2D eigenvalue weighted by Crippen LogP contribution is -2.51. The van der Waals surface area contributed by atoms with Crippen molar-refractivity contribution in [3.8, 4) is 0 Å². The van der Waals surface area contributed by atoms with Crippen LogP contribution in [0.15, 0.2) is 42.5 Å². The van der Waals surface area contributed by atoms with Crippen molar-refractivity contribution >= 4 is 5.91 Å². The van der Waals surface area contributed by atoms with Crippen molar-refractivity contribution in [1.82, 2.24) is 5.06 Å². The second-order valence-corrected chi connectivity index (χ2v) is 11.1. The van der Waals surface area contributed by atoms with Crippen molar-refractivity contribution in [3.63, 3.8) is 0 Å².